The van der Waals surface area contributed by atoms with Gasteiger partial charge >= 0.3 is 5.97 Å². The molecule has 1 aromatic heterocycles. The number of hydrogen-bond acceptors (Lipinski definition) is 4. The average Bonchev–Trinajstić information content (AvgIpc) is 2.70. The standard InChI is InChI=1S/C13H15NO3/c1-13(2,3)11-9-7-8(12(15)16-4)5-6-10(9)17-14-11/h5-7H,1-4H3. The fraction of sp³-hybridized carbons (Fsp3) is 0.385. The fourth-order valence-corrected chi connectivity index (χ4v) is 1.72. The van der Waals surface area contributed by atoms with Gasteiger partial charge in [-0.15, -0.1) is 0 Å². The van der Waals surface area contributed by atoms with Crippen molar-refractivity contribution in [2.45, 2.75) is 26.2 Å². The van der Waals surface area contributed by atoms with Gasteiger partial charge in [0, 0.05) is 10.8 Å². The predicted molar refractivity (Wildman–Crippen MR) is 64.0 cm³/mol. The summed E-state index contributed by atoms with van der Waals surface area (Å²) < 4.78 is 9.94. The van der Waals surface area contributed by atoms with Crippen LogP contribution in [-0.4, -0.2) is 18.2 Å². The molecule has 1 aromatic carbocycles. The number of fused-ring (bicyclic) bond motifs is 1. The maximum absolute atomic E-state index is 11.5. The first-order valence-electron chi connectivity index (χ1n) is 5.41. The summed E-state index contributed by atoms with van der Waals surface area (Å²) >= 11 is 0. The lowest BCUT2D eigenvalue weighted by Gasteiger charge is -2.14. The number of aromatic nitrogens is 1. The molecule has 2 rings (SSSR count). The van der Waals surface area contributed by atoms with Gasteiger partial charge in [0.1, 0.15) is 0 Å². The second-order valence-corrected chi connectivity index (χ2v) is 4.98. The van der Waals surface area contributed by atoms with Crippen LogP contribution in [-0.2, 0) is 10.2 Å². The lowest BCUT2D eigenvalue weighted by Crippen LogP contribution is -2.12. The van der Waals surface area contributed by atoms with Crippen LogP contribution in [0.3, 0.4) is 0 Å². The van der Waals surface area contributed by atoms with E-state index < -0.39 is 0 Å². The van der Waals surface area contributed by atoms with Gasteiger partial charge in [-0.3, -0.25) is 0 Å². The van der Waals surface area contributed by atoms with Crippen molar-refractivity contribution in [3.63, 3.8) is 0 Å². The van der Waals surface area contributed by atoms with E-state index in [9.17, 15) is 4.79 Å². The highest BCUT2D eigenvalue weighted by atomic mass is 16.5. The zero-order valence-corrected chi connectivity index (χ0v) is 10.4. The Morgan fingerprint density at radius 2 is 2.06 bits per heavy atom. The molecule has 0 aliphatic rings. The molecule has 0 bridgehead atoms. The molecule has 0 saturated heterocycles. The third-order valence-electron chi connectivity index (χ3n) is 2.60. The summed E-state index contributed by atoms with van der Waals surface area (Å²) in [5, 5.41) is 4.93. The number of methoxy groups -OCH3 is 1. The van der Waals surface area contributed by atoms with Crippen LogP contribution in [0.4, 0.5) is 0 Å². The van der Waals surface area contributed by atoms with E-state index in [0.29, 0.717) is 11.1 Å². The molecule has 17 heavy (non-hydrogen) atoms. The molecule has 0 amide bonds. The van der Waals surface area contributed by atoms with Crippen LogP contribution in [0.5, 0.6) is 0 Å². The van der Waals surface area contributed by atoms with Gasteiger partial charge in [-0.1, -0.05) is 25.9 Å². The lowest BCUT2D eigenvalue weighted by molar-refractivity contribution is 0.0601. The van der Waals surface area contributed by atoms with Crippen LogP contribution in [0.1, 0.15) is 36.8 Å². The smallest absolute Gasteiger partial charge is 0.337 e. The number of rotatable bonds is 1. The van der Waals surface area contributed by atoms with E-state index in [1.54, 1.807) is 18.2 Å². The molecular weight excluding hydrogens is 218 g/mol. The van der Waals surface area contributed by atoms with Crippen molar-refractivity contribution in [2.75, 3.05) is 7.11 Å². The molecule has 0 unspecified atom stereocenters. The molecular formula is C13H15NO3. The number of nitrogens with zero attached hydrogens (tertiary/aromatic N) is 1. The van der Waals surface area contributed by atoms with E-state index in [1.807, 2.05) is 0 Å². The van der Waals surface area contributed by atoms with Crippen LogP contribution < -0.4 is 0 Å². The minimum absolute atomic E-state index is 0.125. The van der Waals surface area contributed by atoms with Gasteiger partial charge in [-0.25, -0.2) is 4.79 Å². The van der Waals surface area contributed by atoms with Crippen LogP contribution in [0, 0.1) is 0 Å². The van der Waals surface area contributed by atoms with Crippen LogP contribution in [0.25, 0.3) is 11.0 Å². The highest BCUT2D eigenvalue weighted by molar-refractivity contribution is 5.94. The summed E-state index contributed by atoms with van der Waals surface area (Å²) in [7, 11) is 1.37. The molecule has 0 N–H and O–H groups in total. The number of hydrogen-bond donors (Lipinski definition) is 0. The molecule has 0 spiro atoms. The third-order valence-corrected chi connectivity index (χ3v) is 2.60. The number of carbonyl (C=O) groups is 1. The number of benzene rings is 1. The third kappa shape index (κ3) is 2.02. The Bertz CT molecular complexity index is 564. The molecule has 1 heterocycles. The van der Waals surface area contributed by atoms with Gasteiger partial charge < -0.3 is 9.26 Å². The topological polar surface area (TPSA) is 52.3 Å². The van der Waals surface area contributed by atoms with E-state index in [-0.39, 0.29) is 11.4 Å². The van der Waals surface area contributed by atoms with Crippen molar-refractivity contribution in [1.29, 1.82) is 0 Å². The van der Waals surface area contributed by atoms with Crippen LogP contribution in [0.15, 0.2) is 22.7 Å². The molecule has 0 aliphatic carbocycles. The highest BCUT2D eigenvalue weighted by Crippen LogP contribution is 2.29. The van der Waals surface area contributed by atoms with Gasteiger partial charge in [-0.05, 0) is 18.2 Å². The lowest BCUT2D eigenvalue weighted by atomic mass is 9.89. The Morgan fingerprint density at radius 1 is 1.35 bits per heavy atom. The van der Waals surface area contributed by atoms with Crippen molar-refractivity contribution in [3.8, 4) is 0 Å². The van der Waals surface area contributed by atoms with Crippen molar-refractivity contribution in [1.82, 2.24) is 5.16 Å². The van der Waals surface area contributed by atoms with Gasteiger partial charge in [0.15, 0.2) is 5.58 Å². The van der Waals surface area contributed by atoms with E-state index in [2.05, 4.69) is 25.9 Å². The minimum Gasteiger partial charge on any atom is -0.465 e. The monoisotopic (exact) mass is 233 g/mol. The van der Waals surface area contributed by atoms with Gasteiger partial charge in [0.2, 0.25) is 0 Å². The quantitative estimate of drug-likeness (QED) is 0.710. The normalized spacial score (nSPS) is 11.8. The number of carbonyl (C=O) groups excluding carboxylic acids is 1. The first kappa shape index (κ1) is 11.6. The predicted octanol–water partition coefficient (Wildman–Crippen LogP) is 2.91. The SMILES string of the molecule is COC(=O)c1ccc2onc(C(C)(C)C)c2c1. The summed E-state index contributed by atoms with van der Waals surface area (Å²) in [4.78, 5) is 11.5. The van der Waals surface area contributed by atoms with Crippen molar-refractivity contribution < 1.29 is 14.1 Å². The Morgan fingerprint density at radius 3 is 2.65 bits per heavy atom. The zero-order chi connectivity index (χ0) is 12.6. The van der Waals surface area contributed by atoms with E-state index in [1.165, 1.54) is 7.11 Å². The molecule has 0 aliphatic heterocycles. The van der Waals surface area contributed by atoms with Crippen molar-refractivity contribution in [3.05, 3.63) is 29.5 Å². The molecule has 90 valence electrons. The second kappa shape index (κ2) is 3.87. The molecule has 0 atom stereocenters. The number of esters is 1. The summed E-state index contributed by atoms with van der Waals surface area (Å²) in [6.45, 7) is 6.15. The van der Waals surface area contributed by atoms with E-state index in [0.717, 1.165) is 11.1 Å². The molecule has 4 nitrogen and oxygen atoms in total. The maximum Gasteiger partial charge on any atom is 0.337 e. The summed E-state index contributed by atoms with van der Waals surface area (Å²) in [5.74, 6) is -0.354. The molecule has 4 heteroatoms. The summed E-state index contributed by atoms with van der Waals surface area (Å²) in [5.41, 5.74) is 1.91. The first-order valence-corrected chi connectivity index (χ1v) is 5.41. The van der Waals surface area contributed by atoms with Crippen LogP contribution in [0.2, 0.25) is 0 Å². The Balaban J connectivity index is 2.62. The number of ether oxygens (including phenoxy) is 1. The second-order valence-electron chi connectivity index (χ2n) is 4.98. The molecule has 0 fully saturated rings. The highest BCUT2D eigenvalue weighted by Gasteiger charge is 2.22. The minimum atomic E-state index is -0.354. The first-order chi connectivity index (χ1) is 7.93. The summed E-state index contributed by atoms with van der Waals surface area (Å²) in [6, 6.07) is 5.17. The van der Waals surface area contributed by atoms with Crippen LogP contribution >= 0.6 is 0 Å². The van der Waals surface area contributed by atoms with Gasteiger partial charge in [-0.2, -0.15) is 0 Å². The van der Waals surface area contributed by atoms with Gasteiger partial charge in [0.05, 0.1) is 18.4 Å². The Hall–Kier alpha value is -1.84. The zero-order valence-electron chi connectivity index (χ0n) is 10.4. The fourth-order valence-electron chi connectivity index (χ4n) is 1.72. The molecule has 0 radical (unpaired) electrons. The van der Waals surface area contributed by atoms with E-state index >= 15 is 0 Å². The van der Waals surface area contributed by atoms with Gasteiger partial charge in [0.25, 0.3) is 0 Å². The average molecular weight is 233 g/mol. The van der Waals surface area contributed by atoms with E-state index in [4.69, 9.17) is 9.26 Å². The Kier molecular flexibility index (Phi) is 2.65. The maximum atomic E-state index is 11.5. The summed E-state index contributed by atoms with van der Waals surface area (Å²) in [6.07, 6.45) is 0. The largest absolute Gasteiger partial charge is 0.465 e. The molecule has 2 aromatic rings. The molecule has 0 saturated carbocycles. The van der Waals surface area contributed by atoms with Crippen molar-refractivity contribution in [2.24, 2.45) is 0 Å². The van der Waals surface area contributed by atoms with Crippen molar-refractivity contribution >= 4 is 16.9 Å². The Labute approximate surface area is 99.5 Å².